The average molecular weight is 311 g/mol. The van der Waals surface area contributed by atoms with Gasteiger partial charge in [0.05, 0.1) is 18.5 Å². The molecule has 0 bridgehead atoms. The van der Waals surface area contributed by atoms with E-state index in [0.29, 0.717) is 6.04 Å². The molecular weight excluding hydrogens is 290 g/mol. The van der Waals surface area contributed by atoms with Crippen molar-refractivity contribution in [1.82, 2.24) is 14.9 Å². The van der Waals surface area contributed by atoms with Crippen molar-refractivity contribution in [1.29, 1.82) is 0 Å². The second-order valence-corrected chi connectivity index (χ2v) is 6.12. The van der Waals surface area contributed by atoms with E-state index in [1.807, 2.05) is 30.5 Å². The molecule has 2 aromatic heterocycles. The van der Waals surface area contributed by atoms with Gasteiger partial charge in [0.25, 0.3) is 0 Å². The molecule has 1 aliphatic heterocycles. The summed E-state index contributed by atoms with van der Waals surface area (Å²) < 4.78 is 12.2. The van der Waals surface area contributed by atoms with Crippen LogP contribution in [0.5, 0.6) is 5.75 Å². The molecule has 0 radical (unpaired) electrons. The van der Waals surface area contributed by atoms with Crippen LogP contribution in [0.25, 0.3) is 0 Å². The Hall–Kier alpha value is -1.98. The third-order valence-corrected chi connectivity index (χ3v) is 4.66. The SMILES string of the molecule is c1ccc(CN2CCO[C@H]3[C@@H](Oc4cccnc4)CC[C@@H]32)nc1. The summed E-state index contributed by atoms with van der Waals surface area (Å²) in [5, 5.41) is 0. The van der Waals surface area contributed by atoms with E-state index in [4.69, 9.17) is 9.47 Å². The molecule has 3 heterocycles. The topological polar surface area (TPSA) is 47.5 Å². The molecule has 5 nitrogen and oxygen atoms in total. The predicted octanol–water partition coefficient (Wildman–Crippen LogP) is 2.29. The highest BCUT2D eigenvalue weighted by Crippen LogP contribution is 2.33. The zero-order valence-electron chi connectivity index (χ0n) is 13.0. The fourth-order valence-electron chi connectivity index (χ4n) is 3.61. The van der Waals surface area contributed by atoms with Gasteiger partial charge < -0.3 is 9.47 Å². The lowest BCUT2D eigenvalue weighted by molar-refractivity contribution is -0.0919. The molecular formula is C18H21N3O2. The number of morpholine rings is 1. The molecule has 1 saturated heterocycles. The van der Waals surface area contributed by atoms with E-state index in [9.17, 15) is 0 Å². The third kappa shape index (κ3) is 3.21. The second kappa shape index (κ2) is 6.64. The highest BCUT2D eigenvalue weighted by Gasteiger charge is 2.44. The lowest BCUT2D eigenvalue weighted by Crippen LogP contribution is -2.51. The maximum absolute atomic E-state index is 6.11. The quantitative estimate of drug-likeness (QED) is 0.867. The molecule has 1 aliphatic carbocycles. The zero-order valence-corrected chi connectivity index (χ0v) is 13.0. The minimum atomic E-state index is 0.107. The van der Waals surface area contributed by atoms with Crippen molar-refractivity contribution in [3.05, 3.63) is 54.6 Å². The van der Waals surface area contributed by atoms with E-state index in [2.05, 4.69) is 20.9 Å². The Kier molecular flexibility index (Phi) is 4.22. The average Bonchev–Trinajstić information content (AvgIpc) is 3.01. The van der Waals surface area contributed by atoms with Gasteiger partial charge in [0, 0.05) is 31.5 Å². The van der Waals surface area contributed by atoms with E-state index < -0.39 is 0 Å². The van der Waals surface area contributed by atoms with Gasteiger partial charge in [-0.3, -0.25) is 14.9 Å². The Balaban J connectivity index is 1.44. The van der Waals surface area contributed by atoms with Gasteiger partial charge in [-0.25, -0.2) is 0 Å². The number of nitrogens with zero attached hydrogens (tertiary/aromatic N) is 3. The van der Waals surface area contributed by atoms with Crippen molar-refractivity contribution in [2.75, 3.05) is 13.2 Å². The summed E-state index contributed by atoms with van der Waals surface area (Å²) in [5.74, 6) is 0.823. The van der Waals surface area contributed by atoms with Crippen LogP contribution in [0.15, 0.2) is 48.9 Å². The Labute approximate surface area is 136 Å². The van der Waals surface area contributed by atoms with Crippen molar-refractivity contribution < 1.29 is 9.47 Å². The van der Waals surface area contributed by atoms with Gasteiger partial charge in [-0.1, -0.05) is 6.07 Å². The van der Waals surface area contributed by atoms with Gasteiger partial charge in [0.2, 0.25) is 0 Å². The first kappa shape index (κ1) is 14.6. The molecule has 4 rings (SSSR count). The molecule has 3 atom stereocenters. The van der Waals surface area contributed by atoms with Crippen molar-refractivity contribution in [2.24, 2.45) is 0 Å². The van der Waals surface area contributed by atoms with Gasteiger partial charge in [-0.2, -0.15) is 0 Å². The molecule has 0 unspecified atom stereocenters. The van der Waals surface area contributed by atoms with Crippen LogP contribution in [-0.2, 0) is 11.3 Å². The van der Waals surface area contributed by atoms with Gasteiger partial charge in [0.1, 0.15) is 18.0 Å². The molecule has 0 aromatic carbocycles. The van der Waals surface area contributed by atoms with Crippen molar-refractivity contribution >= 4 is 0 Å². The molecule has 2 fully saturated rings. The molecule has 0 N–H and O–H groups in total. The van der Waals surface area contributed by atoms with Crippen LogP contribution in [0.1, 0.15) is 18.5 Å². The van der Waals surface area contributed by atoms with Crippen LogP contribution in [0.4, 0.5) is 0 Å². The summed E-state index contributed by atoms with van der Waals surface area (Å²) in [6.45, 7) is 2.59. The standard InChI is InChI=1S/C18H21N3O2/c1-2-9-20-14(4-1)13-21-10-11-22-18-16(21)6-7-17(18)23-15-5-3-8-19-12-15/h1-5,8-9,12,16-18H,6-7,10-11,13H2/t16-,17-,18+/m0/s1. The van der Waals surface area contributed by atoms with E-state index >= 15 is 0 Å². The number of pyridine rings is 2. The first-order valence-corrected chi connectivity index (χ1v) is 8.22. The zero-order chi connectivity index (χ0) is 15.5. The minimum Gasteiger partial charge on any atom is -0.486 e. The minimum absolute atomic E-state index is 0.107. The van der Waals surface area contributed by atoms with Crippen LogP contribution in [-0.4, -0.2) is 46.3 Å². The maximum Gasteiger partial charge on any atom is 0.138 e. The Bertz CT molecular complexity index is 623. The van der Waals surface area contributed by atoms with Crippen LogP contribution < -0.4 is 4.74 Å². The summed E-state index contributed by atoms with van der Waals surface area (Å²) in [5.41, 5.74) is 1.12. The molecule has 120 valence electrons. The van der Waals surface area contributed by atoms with Crippen molar-refractivity contribution in [3.8, 4) is 5.75 Å². The molecule has 2 aromatic rings. The summed E-state index contributed by atoms with van der Waals surface area (Å²) in [4.78, 5) is 11.1. The van der Waals surface area contributed by atoms with Gasteiger partial charge >= 0.3 is 0 Å². The summed E-state index contributed by atoms with van der Waals surface area (Å²) in [6, 6.07) is 10.4. The molecule has 0 spiro atoms. The Morgan fingerprint density at radius 3 is 3.00 bits per heavy atom. The first-order valence-electron chi connectivity index (χ1n) is 8.22. The molecule has 0 amide bonds. The maximum atomic E-state index is 6.11. The molecule has 5 heteroatoms. The van der Waals surface area contributed by atoms with E-state index in [1.54, 1.807) is 12.4 Å². The van der Waals surface area contributed by atoms with Gasteiger partial charge in [-0.05, 0) is 37.1 Å². The van der Waals surface area contributed by atoms with E-state index in [0.717, 1.165) is 44.0 Å². The fourth-order valence-corrected chi connectivity index (χ4v) is 3.61. The lowest BCUT2D eigenvalue weighted by Gasteiger charge is -2.38. The highest BCUT2D eigenvalue weighted by molar-refractivity contribution is 5.17. The fraction of sp³-hybridized carbons (Fsp3) is 0.444. The largest absolute Gasteiger partial charge is 0.486 e. The molecule has 23 heavy (non-hydrogen) atoms. The first-order chi connectivity index (χ1) is 11.4. The Morgan fingerprint density at radius 2 is 2.17 bits per heavy atom. The summed E-state index contributed by atoms with van der Waals surface area (Å²) >= 11 is 0. The molecule has 2 aliphatic rings. The van der Waals surface area contributed by atoms with Crippen molar-refractivity contribution in [2.45, 2.75) is 37.6 Å². The van der Waals surface area contributed by atoms with E-state index in [1.165, 1.54) is 0 Å². The number of fused-ring (bicyclic) bond motifs is 1. The normalized spacial score (nSPS) is 27.6. The van der Waals surface area contributed by atoms with Crippen LogP contribution in [0.3, 0.4) is 0 Å². The van der Waals surface area contributed by atoms with Crippen LogP contribution >= 0.6 is 0 Å². The number of hydrogen-bond acceptors (Lipinski definition) is 5. The third-order valence-electron chi connectivity index (χ3n) is 4.66. The predicted molar refractivity (Wildman–Crippen MR) is 86.1 cm³/mol. The summed E-state index contributed by atoms with van der Waals surface area (Å²) in [6.07, 6.45) is 7.74. The summed E-state index contributed by atoms with van der Waals surface area (Å²) in [7, 11) is 0. The van der Waals surface area contributed by atoms with Gasteiger partial charge in [0.15, 0.2) is 0 Å². The smallest absolute Gasteiger partial charge is 0.138 e. The number of ether oxygens (including phenoxy) is 2. The van der Waals surface area contributed by atoms with Crippen molar-refractivity contribution in [3.63, 3.8) is 0 Å². The van der Waals surface area contributed by atoms with E-state index in [-0.39, 0.29) is 12.2 Å². The second-order valence-electron chi connectivity index (χ2n) is 6.12. The Morgan fingerprint density at radius 1 is 1.17 bits per heavy atom. The number of aromatic nitrogens is 2. The number of rotatable bonds is 4. The van der Waals surface area contributed by atoms with Crippen LogP contribution in [0, 0.1) is 0 Å². The monoisotopic (exact) mass is 311 g/mol. The van der Waals surface area contributed by atoms with Crippen LogP contribution in [0.2, 0.25) is 0 Å². The highest BCUT2D eigenvalue weighted by atomic mass is 16.5. The molecule has 1 saturated carbocycles. The number of hydrogen-bond donors (Lipinski definition) is 0. The lowest BCUT2D eigenvalue weighted by atomic mass is 10.1. The van der Waals surface area contributed by atoms with Gasteiger partial charge in [-0.15, -0.1) is 0 Å².